The molecule has 0 aliphatic rings. The van der Waals surface area contributed by atoms with E-state index >= 15 is 0 Å². The Hall–Kier alpha value is -2.57. The van der Waals surface area contributed by atoms with Crippen molar-refractivity contribution in [3.05, 3.63) is 88.8 Å². The minimum atomic E-state index is -3.59. The van der Waals surface area contributed by atoms with Crippen molar-refractivity contribution >= 4 is 27.3 Å². The van der Waals surface area contributed by atoms with Gasteiger partial charge in [-0.3, -0.25) is 4.79 Å². The number of furan rings is 1. The molecule has 1 aromatic heterocycles. The van der Waals surface area contributed by atoms with Gasteiger partial charge < -0.3 is 9.73 Å². The molecule has 0 fully saturated rings. The monoisotopic (exact) mass is 431 g/mol. The zero-order valence-electron chi connectivity index (χ0n) is 16.0. The van der Waals surface area contributed by atoms with Gasteiger partial charge in [-0.25, -0.2) is 8.42 Å². The molecule has 3 aromatic rings. The summed E-state index contributed by atoms with van der Waals surface area (Å²) in [4.78, 5) is 12.5. The van der Waals surface area contributed by atoms with Crippen molar-refractivity contribution in [3.8, 4) is 0 Å². The molecule has 0 spiro atoms. The summed E-state index contributed by atoms with van der Waals surface area (Å²) in [6.07, 6.45) is 1.64. The lowest BCUT2D eigenvalue weighted by molar-refractivity contribution is 0.0909. The number of hydrogen-bond donors (Lipinski definition) is 1. The van der Waals surface area contributed by atoms with Crippen LogP contribution in [-0.2, 0) is 22.0 Å². The summed E-state index contributed by atoms with van der Waals surface area (Å²) in [6, 6.07) is 18.9. The van der Waals surface area contributed by atoms with Crippen LogP contribution in [0.25, 0.3) is 0 Å². The Labute approximate surface area is 175 Å². The van der Waals surface area contributed by atoms with E-state index in [-0.39, 0.29) is 34.1 Å². The summed E-state index contributed by atoms with van der Waals surface area (Å²) in [7, 11) is -3.59. The van der Waals surface area contributed by atoms with Crippen molar-refractivity contribution in [3.63, 3.8) is 0 Å². The number of hydrogen-bond acceptors (Lipinski definition) is 4. The Balaban J connectivity index is 1.57. The second-order valence-corrected chi connectivity index (χ2v) is 9.30. The maximum Gasteiger partial charge on any atom is 0.287 e. The summed E-state index contributed by atoms with van der Waals surface area (Å²) >= 11 is 5.80. The Kier molecular flexibility index (Phi) is 6.77. The van der Waals surface area contributed by atoms with Gasteiger partial charge in [-0.2, -0.15) is 0 Å². The lowest BCUT2D eigenvalue weighted by atomic mass is 10.1. The molecule has 1 N–H and O–H groups in total. The van der Waals surface area contributed by atoms with Crippen LogP contribution in [0, 0.1) is 0 Å². The topological polar surface area (TPSA) is 76.4 Å². The fourth-order valence-electron chi connectivity index (χ4n) is 2.89. The van der Waals surface area contributed by atoms with Crippen molar-refractivity contribution in [2.24, 2.45) is 0 Å². The van der Waals surface area contributed by atoms with E-state index in [0.717, 1.165) is 12.8 Å². The number of aryl methyl sites for hydroxylation is 1. The molecule has 1 amide bonds. The van der Waals surface area contributed by atoms with Gasteiger partial charge in [0, 0.05) is 11.1 Å². The van der Waals surface area contributed by atoms with Crippen molar-refractivity contribution in [2.75, 3.05) is 0 Å². The molecular formula is C22H22ClNO4S. The highest BCUT2D eigenvalue weighted by molar-refractivity contribution is 7.90. The minimum absolute atomic E-state index is 0.0472. The lowest BCUT2D eigenvalue weighted by Gasteiger charge is -2.12. The SMILES string of the molecule is C[C@H](CCc1ccccc1)NC(=O)c1ccc(CS(=O)(=O)c2ccc(Cl)cc2)o1. The highest BCUT2D eigenvalue weighted by atomic mass is 35.5. The van der Waals surface area contributed by atoms with Crippen molar-refractivity contribution in [1.29, 1.82) is 0 Å². The smallest absolute Gasteiger partial charge is 0.287 e. The third-order valence-electron chi connectivity index (χ3n) is 4.48. The van der Waals surface area contributed by atoms with E-state index in [1.807, 2.05) is 25.1 Å². The Morgan fingerprint density at radius 2 is 1.72 bits per heavy atom. The van der Waals surface area contributed by atoms with E-state index in [1.165, 1.54) is 42.0 Å². The number of rotatable bonds is 8. The number of halogens is 1. The summed E-state index contributed by atoms with van der Waals surface area (Å²) < 4.78 is 30.4. The molecule has 29 heavy (non-hydrogen) atoms. The zero-order valence-corrected chi connectivity index (χ0v) is 17.5. The van der Waals surface area contributed by atoms with Gasteiger partial charge in [-0.1, -0.05) is 41.9 Å². The highest BCUT2D eigenvalue weighted by Crippen LogP contribution is 2.20. The summed E-state index contributed by atoms with van der Waals surface area (Å²) in [5.74, 6) is -0.383. The number of nitrogens with one attached hydrogen (secondary N) is 1. The van der Waals surface area contributed by atoms with Gasteiger partial charge in [0.2, 0.25) is 0 Å². The molecule has 152 valence electrons. The Morgan fingerprint density at radius 3 is 2.41 bits per heavy atom. The first kappa shape index (κ1) is 21.1. The van der Waals surface area contributed by atoms with Crippen molar-refractivity contribution < 1.29 is 17.6 Å². The Morgan fingerprint density at radius 1 is 1.03 bits per heavy atom. The molecule has 0 saturated heterocycles. The van der Waals surface area contributed by atoms with Crippen LogP contribution >= 0.6 is 11.6 Å². The fraction of sp³-hybridized carbons (Fsp3) is 0.227. The molecule has 0 bridgehead atoms. The third kappa shape index (κ3) is 5.95. The number of amides is 1. The zero-order chi connectivity index (χ0) is 20.9. The van der Waals surface area contributed by atoms with Crippen LogP contribution in [-0.4, -0.2) is 20.4 Å². The largest absolute Gasteiger partial charge is 0.455 e. The molecule has 0 radical (unpaired) electrons. The Bertz CT molecular complexity index is 1060. The van der Waals surface area contributed by atoms with Gasteiger partial charge in [0.1, 0.15) is 11.5 Å². The molecule has 2 aromatic carbocycles. The molecule has 0 unspecified atom stereocenters. The number of sulfone groups is 1. The molecule has 3 rings (SSSR count). The molecule has 1 atom stereocenters. The average Bonchev–Trinajstić information content (AvgIpc) is 3.15. The van der Waals surface area contributed by atoms with Crippen LogP contribution in [0.1, 0.15) is 35.2 Å². The van der Waals surface area contributed by atoms with E-state index < -0.39 is 9.84 Å². The molecule has 0 aliphatic carbocycles. The summed E-state index contributed by atoms with van der Waals surface area (Å²) in [5, 5.41) is 3.34. The van der Waals surface area contributed by atoms with Crippen LogP contribution in [0.4, 0.5) is 0 Å². The lowest BCUT2D eigenvalue weighted by Crippen LogP contribution is -2.32. The summed E-state index contributed by atoms with van der Waals surface area (Å²) in [6.45, 7) is 1.93. The van der Waals surface area contributed by atoms with Crippen molar-refractivity contribution in [2.45, 2.75) is 36.5 Å². The highest BCUT2D eigenvalue weighted by Gasteiger charge is 2.20. The molecular weight excluding hydrogens is 410 g/mol. The fourth-order valence-corrected chi connectivity index (χ4v) is 4.26. The van der Waals surface area contributed by atoms with Crippen LogP contribution in [0.5, 0.6) is 0 Å². The number of carbonyl (C=O) groups excluding carboxylic acids is 1. The van der Waals surface area contributed by atoms with E-state index in [9.17, 15) is 13.2 Å². The van der Waals surface area contributed by atoms with Crippen LogP contribution in [0.2, 0.25) is 5.02 Å². The van der Waals surface area contributed by atoms with E-state index in [0.29, 0.717) is 5.02 Å². The molecule has 5 nitrogen and oxygen atoms in total. The third-order valence-corrected chi connectivity index (χ3v) is 6.38. The van der Waals surface area contributed by atoms with E-state index in [1.54, 1.807) is 0 Å². The molecule has 0 aliphatic heterocycles. The minimum Gasteiger partial charge on any atom is -0.455 e. The second-order valence-electron chi connectivity index (χ2n) is 6.88. The first-order valence-corrected chi connectivity index (χ1v) is 11.3. The van der Waals surface area contributed by atoms with Gasteiger partial charge in [0.05, 0.1) is 4.90 Å². The van der Waals surface area contributed by atoms with Gasteiger partial charge in [-0.05, 0) is 61.7 Å². The normalized spacial score (nSPS) is 12.5. The standard InChI is InChI=1S/C22H22ClNO4S/c1-16(7-8-17-5-3-2-4-6-17)24-22(25)21-14-11-19(28-21)15-29(26,27)20-12-9-18(23)10-13-20/h2-6,9-14,16H,7-8,15H2,1H3,(H,24,25)/t16-/m1/s1. The maximum atomic E-state index is 12.5. The van der Waals surface area contributed by atoms with Gasteiger partial charge in [0.15, 0.2) is 15.6 Å². The molecule has 7 heteroatoms. The quantitative estimate of drug-likeness (QED) is 0.562. The van der Waals surface area contributed by atoms with Crippen LogP contribution < -0.4 is 5.32 Å². The predicted octanol–water partition coefficient (Wildman–Crippen LogP) is 4.66. The van der Waals surface area contributed by atoms with E-state index in [2.05, 4.69) is 17.4 Å². The van der Waals surface area contributed by atoms with Gasteiger partial charge in [0.25, 0.3) is 5.91 Å². The van der Waals surface area contributed by atoms with Gasteiger partial charge >= 0.3 is 0 Å². The number of carbonyl (C=O) groups is 1. The first-order chi connectivity index (χ1) is 13.8. The van der Waals surface area contributed by atoms with Gasteiger partial charge in [-0.15, -0.1) is 0 Å². The van der Waals surface area contributed by atoms with Crippen LogP contribution in [0.15, 0.2) is 76.0 Å². The van der Waals surface area contributed by atoms with Crippen LogP contribution in [0.3, 0.4) is 0 Å². The van der Waals surface area contributed by atoms with E-state index in [4.69, 9.17) is 16.0 Å². The molecule has 0 saturated carbocycles. The number of benzene rings is 2. The maximum absolute atomic E-state index is 12.5. The second kappa shape index (κ2) is 9.29. The average molecular weight is 432 g/mol. The molecule has 1 heterocycles. The predicted molar refractivity (Wildman–Crippen MR) is 113 cm³/mol. The first-order valence-electron chi connectivity index (χ1n) is 9.25. The summed E-state index contributed by atoms with van der Waals surface area (Å²) in [5.41, 5.74) is 1.21. The van der Waals surface area contributed by atoms with Crippen molar-refractivity contribution in [1.82, 2.24) is 5.32 Å².